The largest absolute Gasteiger partial charge is 0.465 e. The predicted molar refractivity (Wildman–Crippen MR) is 105 cm³/mol. The van der Waals surface area contributed by atoms with Crippen LogP contribution in [0, 0.1) is 6.92 Å². The van der Waals surface area contributed by atoms with Gasteiger partial charge >= 0.3 is 5.97 Å². The summed E-state index contributed by atoms with van der Waals surface area (Å²) in [6.07, 6.45) is 4.56. The maximum absolute atomic E-state index is 13.4. The minimum Gasteiger partial charge on any atom is -0.465 e. The normalized spacial score (nSPS) is 14.1. The number of hydrogen-bond acceptors (Lipinski definition) is 5. The van der Waals surface area contributed by atoms with E-state index >= 15 is 0 Å². The van der Waals surface area contributed by atoms with Crippen LogP contribution in [0.4, 0.5) is 0 Å². The van der Waals surface area contributed by atoms with E-state index in [0.29, 0.717) is 11.3 Å². The van der Waals surface area contributed by atoms with Crippen LogP contribution in [0.5, 0.6) is 0 Å². The summed E-state index contributed by atoms with van der Waals surface area (Å²) in [4.78, 5) is 16.6. The Kier molecular flexibility index (Phi) is 4.55. The van der Waals surface area contributed by atoms with Gasteiger partial charge in [-0.2, -0.15) is 0 Å². The van der Waals surface area contributed by atoms with E-state index in [2.05, 4.69) is 4.98 Å². The van der Waals surface area contributed by atoms with Gasteiger partial charge in [-0.15, -0.1) is 0 Å². The first kappa shape index (κ1) is 18.4. The highest BCUT2D eigenvalue weighted by Gasteiger charge is 2.37. The molecule has 0 unspecified atom stereocenters. The van der Waals surface area contributed by atoms with Gasteiger partial charge in [-0.25, -0.2) is 17.2 Å². The molecule has 4 rings (SSSR count). The maximum atomic E-state index is 13.4. The number of benzene rings is 1. The van der Waals surface area contributed by atoms with Crippen molar-refractivity contribution in [1.29, 1.82) is 0 Å². The SMILES string of the molecule is COC(=O)c1cn(S(=O)(=O)c2ccc(C)nc2)c(-c2ccccc2)c1C1CC1. The third kappa shape index (κ3) is 3.11. The Morgan fingerprint density at radius 2 is 1.86 bits per heavy atom. The van der Waals surface area contributed by atoms with E-state index in [9.17, 15) is 13.2 Å². The van der Waals surface area contributed by atoms with E-state index in [4.69, 9.17) is 4.74 Å². The van der Waals surface area contributed by atoms with Crippen molar-refractivity contribution in [1.82, 2.24) is 8.96 Å². The fraction of sp³-hybridized carbons (Fsp3) is 0.238. The van der Waals surface area contributed by atoms with Crippen LogP contribution in [-0.2, 0) is 14.8 Å². The Hall–Kier alpha value is -2.93. The van der Waals surface area contributed by atoms with Crippen molar-refractivity contribution in [2.75, 3.05) is 7.11 Å². The van der Waals surface area contributed by atoms with Crippen molar-refractivity contribution >= 4 is 16.0 Å². The molecule has 0 saturated heterocycles. The van der Waals surface area contributed by atoms with Gasteiger partial charge in [0.2, 0.25) is 0 Å². The number of hydrogen-bond donors (Lipinski definition) is 0. The molecule has 28 heavy (non-hydrogen) atoms. The molecular formula is C21H20N2O4S. The van der Waals surface area contributed by atoms with Gasteiger partial charge in [-0.1, -0.05) is 30.3 Å². The second-order valence-electron chi connectivity index (χ2n) is 6.87. The molecule has 2 heterocycles. The molecule has 2 aromatic heterocycles. The molecule has 0 aliphatic heterocycles. The summed E-state index contributed by atoms with van der Waals surface area (Å²) in [5, 5.41) is 0. The number of carbonyl (C=O) groups is 1. The Balaban J connectivity index is 2.01. The zero-order chi connectivity index (χ0) is 19.9. The van der Waals surface area contributed by atoms with Gasteiger partial charge in [0, 0.05) is 18.1 Å². The van der Waals surface area contributed by atoms with E-state index in [-0.39, 0.29) is 10.8 Å². The molecule has 1 aliphatic carbocycles. The quantitative estimate of drug-likeness (QED) is 0.614. The van der Waals surface area contributed by atoms with Gasteiger partial charge < -0.3 is 4.74 Å². The number of pyridine rings is 1. The smallest absolute Gasteiger partial charge is 0.339 e. The molecular weight excluding hydrogens is 376 g/mol. The minimum absolute atomic E-state index is 0.0732. The number of carbonyl (C=O) groups excluding carboxylic acids is 1. The van der Waals surface area contributed by atoms with Crippen LogP contribution in [0.15, 0.2) is 59.8 Å². The number of nitrogens with zero attached hydrogens (tertiary/aromatic N) is 2. The minimum atomic E-state index is -3.94. The third-order valence-electron chi connectivity index (χ3n) is 4.89. The molecule has 1 aromatic carbocycles. The van der Waals surface area contributed by atoms with Crippen molar-refractivity contribution in [3.63, 3.8) is 0 Å². The van der Waals surface area contributed by atoms with E-state index < -0.39 is 16.0 Å². The third-order valence-corrected chi connectivity index (χ3v) is 6.53. The van der Waals surface area contributed by atoms with Gasteiger partial charge in [-0.05, 0) is 48.9 Å². The second kappa shape index (κ2) is 6.91. The summed E-state index contributed by atoms with van der Waals surface area (Å²) >= 11 is 0. The van der Waals surface area contributed by atoms with Crippen LogP contribution in [0.2, 0.25) is 0 Å². The first-order valence-electron chi connectivity index (χ1n) is 9.00. The molecule has 0 bridgehead atoms. The Morgan fingerprint density at radius 1 is 1.14 bits per heavy atom. The average molecular weight is 396 g/mol. The highest BCUT2D eigenvalue weighted by atomic mass is 32.2. The van der Waals surface area contributed by atoms with E-state index in [1.54, 1.807) is 13.0 Å². The molecule has 0 radical (unpaired) electrons. The van der Waals surface area contributed by atoms with Crippen LogP contribution in [0.25, 0.3) is 11.3 Å². The summed E-state index contributed by atoms with van der Waals surface area (Å²) in [5.74, 6) is -0.382. The van der Waals surface area contributed by atoms with E-state index in [1.165, 1.54) is 29.5 Å². The maximum Gasteiger partial charge on any atom is 0.339 e. The van der Waals surface area contributed by atoms with Gasteiger partial charge in [-0.3, -0.25) is 4.98 Å². The fourth-order valence-electron chi connectivity index (χ4n) is 3.34. The monoisotopic (exact) mass is 396 g/mol. The standard InChI is InChI=1S/C21H20N2O4S/c1-14-8-11-17(12-22-14)28(25,26)23-13-18(21(24)27-2)19(15-9-10-15)20(23)16-6-4-3-5-7-16/h3-8,11-13,15H,9-10H2,1-2H3. The van der Waals surface area contributed by atoms with Crippen LogP contribution >= 0.6 is 0 Å². The van der Waals surface area contributed by atoms with Gasteiger partial charge in [0.25, 0.3) is 10.0 Å². The molecule has 7 heteroatoms. The number of aromatic nitrogens is 2. The summed E-state index contributed by atoms with van der Waals surface area (Å²) in [5.41, 5.74) is 3.02. The van der Waals surface area contributed by atoms with Crippen molar-refractivity contribution in [2.45, 2.75) is 30.6 Å². The van der Waals surface area contributed by atoms with Gasteiger partial charge in [0.15, 0.2) is 0 Å². The fourth-order valence-corrected chi connectivity index (χ4v) is 4.69. The predicted octanol–water partition coefficient (Wildman–Crippen LogP) is 3.76. The van der Waals surface area contributed by atoms with Crippen LogP contribution in [0.3, 0.4) is 0 Å². The lowest BCUT2D eigenvalue weighted by Gasteiger charge is -2.12. The summed E-state index contributed by atoms with van der Waals surface area (Å²) in [6, 6.07) is 12.4. The molecule has 0 amide bonds. The lowest BCUT2D eigenvalue weighted by molar-refractivity contribution is 0.0599. The van der Waals surface area contributed by atoms with Crippen molar-refractivity contribution in [3.05, 3.63) is 71.7 Å². The number of aryl methyl sites for hydroxylation is 1. The van der Waals surface area contributed by atoms with Crippen LogP contribution in [-0.4, -0.2) is 30.5 Å². The molecule has 1 fully saturated rings. The summed E-state index contributed by atoms with van der Waals surface area (Å²) < 4.78 is 33.0. The van der Waals surface area contributed by atoms with Crippen LogP contribution < -0.4 is 0 Å². The lowest BCUT2D eigenvalue weighted by Crippen LogP contribution is -2.14. The average Bonchev–Trinajstić information content (AvgIpc) is 3.47. The first-order chi connectivity index (χ1) is 13.4. The Bertz CT molecular complexity index is 1130. The summed E-state index contributed by atoms with van der Waals surface area (Å²) in [6.45, 7) is 1.79. The number of methoxy groups -OCH3 is 1. The summed E-state index contributed by atoms with van der Waals surface area (Å²) in [7, 11) is -2.63. The molecule has 144 valence electrons. The molecule has 0 atom stereocenters. The molecule has 0 N–H and O–H groups in total. The van der Waals surface area contributed by atoms with E-state index in [0.717, 1.165) is 29.7 Å². The Labute approximate surface area is 163 Å². The van der Waals surface area contributed by atoms with Crippen molar-refractivity contribution in [2.24, 2.45) is 0 Å². The second-order valence-corrected chi connectivity index (χ2v) is 8.69. The van der Waals surface area contributed by atoms with Crippen molar-refractivity contribution < 1.29 is 17.9 Å². The topological polar surface area (TPSA) is 78.3 Å². The molecule has 1 saturated carbocycles. The number of esters is 1. The van der Waals surface area contributed by atoms with Gasteiger partial charge in [0.1, 0.15) is 4.90 Å². The van der Waals surface area contributed by atoms with Gasteiger partial charge in [0.05, 0.1) is 18.4 Å². The zero-order valence-electron chi connectivity index (χ0n) is 15.6. The molecule has 1 aliphatic rings. The molecule has 3 aromatic rings. The highest BCUT2D eigenvalue weighted by molar-refractivity contribution is 7.90. The Morgan fingerprint density at radius 3 is 2.43 bits per heavy atom. The number of ether oxygens (including phenoxy) is 1. The number of rotatable bonds is 5. The molecule has 6 nitrogen and oxygen atoms in total. The molecule has 0 spiro atoms. The highest BCUT2D eigenvalue weighted by Crippen LogP contribution is 2.47. The zero-order valence-corrected chi connectivity index (χ0v) is 16.4. The van der Waals surface area contributed by atoms with Crippen LogP contribution in [0.1, 0.15) is 40.4 Å². The first-order valence-corrected chi connectivity index (χ1v) is 10.4. The van der Waals surface area contributed by atoms with Crippen molar-refractivity contribution in [3.8, 4) is 11.3 Å². The lowest BCUT2D eigenvalue weighted by atomic mass is 10.0. The van der Waals surface area contributed by atoms with E-state index in [1.807, 2.05) is 30.3 Å².